The number of alkyl halides is 3. The maximum absolute atomic E-state index is 12.8. The first-order chi connectivity index (χ1) is 8.88. The van der Waals surface area contributed by atoms with Gasteiger partial charge in [0.15, 0.2) is 6.20 Å². The van der Waals surface area contributed by atoms with Gasteiger partial charge in [-0.1, -0.05) is 0 Å². The molecule has 0 aromatic carbocycles. The van der Waals surface area contributed by atoms with E-state index in [9.17, 15) is 8.78 Å². The maximum atomic E-state index is 12.8. The third-order valence-electron chi connectivity index (χ3n) is 2.67. The van der Waals surface area contributed by atoms with Crippen molar-refractivity contribution in [3.63, 3.8) is 0 Å². The van der Waals surface area contributed by atoms with Crippen molar-refractivity contribution in [3.8, 4) is 5.82 Å². The van der Waals surface area contributed by atoms with E-state index >= 15 is 0 Å². The molecular weight excluding hydrogens is 307 g/mol. The van der Waals surface area contributed by atoms with Crippen LogP contribution in [0.15, 0.2) is 42.9 Å². The van der Waals surface area contributed by atoms with Gasteiger partial charge < -0.3 is 17.3 Å². The van der Waals surface area contributed by atoms with Crippen LogP contribution < -0.4 is 21.9 Å². The van der Waals surface area contributed by atoms with E-state index in [1.165, 1.54) is 12.1 Å². The zero-order valence-electron chi connectivity index (χ0n) is 10.9. The smallest absolute Gasteiger partial charge is 0.351 e. The molecule has 0 aliphatic rings. The Hall–Kier alpha value is -1.46. The molecule has 0 bridgehead atoms. The van der Waals surface area contributed by atoms with E-state index in [4.69, 9.17) is 11.6 Å². The average Bonchev–Trinajstić information content (AvgIpc) is 2.38. The standard InChI is InChI=1S/C13H13ClF2N3.ClH/c1-18(2)11-5-7-19(8-6-11)12-4-3-10(9-17-12)13(14,15)16;/h3-9H,1-2H3;1H/q+1;/p-1. The molecule has 0 spiro atoms. The summed E-state index contributed by atoms with van der Waals surface area (Å²) >= 11 is 4.93. The Morgan fingerprint density at radius 3 is 2.15 bits per heavy atom. The second-order valence-corrected chi connectivity index (χ2v) is 4.74. The molecule has 0 aliphatic carbocycles. The summed E-state index contributed by atoms with van der Waals surface area (Å²) in [5.41, 5.74) is 0.726. The largest absolute Gasteiger partial charge is 1.00 e. The van der Waals surface area contributed by atoms with Gasteiger partial charge in [0.05, 0.1) is 18.0 Å². The first-order valence-electron chi connectivity index (χ1n) is 5.60. The summed E-state index contributed by atoms with van der Waals surface area (Å²) in [5.74, 6) is 0.551. The van der Waals surface area contributed by atoms with Gasteiger partial charge in [0.1, 0.15) is 0 Å². The molecule has 2 heterocycles. The van der Waals surface area contributed by atoms with E-state index in [2.05, 4.69) is 4.98 Å². The fourth-order valence-corrected chi connectivity index (χ4v) is 1.69. The van der Waals surface area contributed by atoms with Gasteiger partial charge in [-0.2, -0.15) is 8.78 Å². The van der Waals surface area contributed by atoms with Gasteiger partial charge in [0.2, 0.25) is 0 Å². The zero-order chi connectivity index (χ0) is 14.0. The van der Waals surface area contributed by atoms with Crippen molar-refractivity contribution < 1.29 is 25.8 Å². The highest BCUT2D eigenvalue weighted by atomic mass is 35.5. The Balaban J connectivity index is 0.00000200. The van der Waals surface area contributed by atoms with Crippen molar-refractivity contribution in [3.05, 3.63) is 48.4 Å². The van der Waals surface area contributed by atoms with Crippen LogP contribution in [0.1, 0.15) is 5.56 Å². The molecule has 2 aromatic rings. The van der Waals surface area contributed by atoms with Crippen LogP contribution in [0.4, 0.5) is 14.5 Å². The molecule has 0 atom stereocenters. The maximum Gasteiger partial charge on any atom is 0.351 e. The number of aromatic nitrogens is 2. The Kier molecular flexibility index (Phi) is 5.25. The number of anilines is 1. The average molecular weight is 320 g/mol. The van der Waals surface area contributed by atoms with Gasteiger partial charge in [-0.3, -0.25) is 0 Å². The fourth-order valence-electron chi connectivity index (χ4n) is 1.58. The molecular formula is C13H13Cl2F2N3. The molecule has 3 nitrogen and oxygen atoms in total. The summed E-state index contributed by atoms with van der Waals surface area (Å²) < 4.78 is 27.4. The molecule has 0 fully saturated rings. The summed E-state index contributed by atoms with van der Waals surface area (Å²) in [6.45, 7) is 0. The molecule has 0 aliphatic heterocycles. The SMILES string of the molecule is CN(C)c1cc[n+](-c2ccc(C(F)(F)Cl)cn2)cc1.[Cl-]. The van der Waals surface area contributed by atoms with Crippen molar-refractivity contribution in [2.75, 3.05) is 19.0 Å². The molecule has 108 valence electrons. The number of pyridine rings is 2. The highest BCUT2D eigenvalue weighted by Crippen LogP contribution is 2.31. The lowest BCUT2D eigenvalue weighted by Crippen LogP contribution is -3.00. The van der Waals surface area contributed by atoms with Crippen LogP contribution in [-0.4, -0.2) is 19.1 Å². The van der Waals surface area contributed by atoms with Crippen LogP contribution in [0.2, 0.25) is 0 Å². The Morgan fingerprint density at radius 1 is 1.15 bits per heavy atom. The minimum atomic E-state index is -3.38. The van der Waals surface area contributed by atoms with Crippen molar-refractivity contribution >= 4 is 17.3 Å². The normalized spacial score (nSPS) is 10.8. The molecule has 2 aromatic heterocycles. The van der Waals surface area contributed by atoms with Gasteiger partial charge in [-0.15, -0.1) is 0 Å². The lowest BCUT2D eigenvalue weighted by molar-refractivity contribution is -0.599. The molecule has 0 N–H and O–H groups in total. The first kappa shape index (κ1) is 16.6. The van der Waals surface area contributed by atoms with Crippen LogP contribution in [0.5, 0.6) is 0 Å². The van der Waals surface area contributed by atoms with Crippen LogP contribution in [0.3, 0.4) is 0 Å². The number of hydrogen-bond acceptors (Lipinski definition) is 2. The number of nitrogens with zero attached hydrogens (tertiary/aromatic N) is 3. The highest BCUT2D eigenvalue weighted by molar-refractivity contribution is 6.21. The van der Waals surface area contributed by atoms with Gasteiger partial charge in [0.25, 0.3) is 0 Å². The summed E-state index contributed by atoms with van der Waals surface area (Å²) in [5, 5.41) is -3.38. The molecule has 0 amide bonds. The minimum Gasteiger partial charge on any atom is -1.00 e. The minimum absolute atomic E-state index is 0. The molecule has 20 heavy (non-hydrogen) atoms. The van der Waals surface area contributed by atoms with Crippen molar-refractivity contribution in [1.29, 1.82) is 0 Å². The van der Waals surface area contributed by atoms with Gasteiger partial charge in [-0.25, -0.2) is 4.57 Å². The molecule has 0 saturated heterocycles. The Labute approximate surface area is 127 Å². The summed E-state index contributed by atoms with van der Waals surface area (Å²) in [4.78, 5) is 5.94. The van der Waals surface area contributed by atoms with Gasteiger partial charge >= 0.3 is 11.2 Å². The number of halogens is 4. The molecule has 7 heteroatoms. The summed E-state index contributed by atoms with van der Waals surface area (Å²) in [6.07, 6.45) is 4.71. The lowest BCUT2D eigenvalue weighted by Gasteiger charge is -2.11. The van der Waals surface area contributed by atoms with E-state index in [-0.39, 0.29) is 18.0 Å². The Bertz CT molecular complexity index is 551. The predicted octanol–water partition coefficient (Wildman–Crippen LogP) is -0.284. The number of hydrogen-bond donors (Lipinski definition) is 0. The van der Waals surface area contributed by atoms with Crippen LogP contribution in [0, 0.1) is 0 Å². The highest BCUT2D eigenvalue weighted by Gasteiger charge is 2.29. The summed E-state index contributed by atoms with van der Waals surface area (Å²) in [6, 6.07) is 6.58. The van der Waals surface area contributed by atoms with Gasteiger partial charge in [-0.05, 0) is 22.7 Å². The van der Waals surface area contributed by atoms with Crippen molar-refractivity contribution in [2.45, 2.75) is 5.38 Å². The first-order valence-corrected chi connectivity index (χ1v) is 5.98. The lowest BCUT2D eigenvalue weighted by atomic mass is 10.3. The third-order valence-corrected chi connectivity index (χ3v) is 2.89. The fraction of sp³-hybridized carbons (Fsp3) is 0.231. The monoisotopic (exact) mass is 319 g/mol. The molecule has 0 saturated carbocycles. The second kappa shape index (κ2) is 6.33. The van der Waals surface area contributed by atoms with Gasteiger partial charge in [0, 0.05) is 38.0 Å². The molecule has 2 rings (SSSR count). The van der Waals surface area contributed by atoms with E-state index in [0.717, 1.165) is 11.9 Å². The topological polar surface area (TPSA) is 20.0 Å². The number of rotatable bonds is 3. The van der Waals surface area contributed by atoms with E-state index in [1.807, 2.05) is 43.5 Å². The molecule has 0 unspecified atom stereocenters. The Morgan fingerprint density at radius 2 is 1.75 bits per heavy atom. The third kappa shape index (κ3) is 3.77. The zero-order valence-corrected chi connectivity index (χ0v) is 12.4. The van der Waals surface area contributed by atoms with E-state index < -0.39 is 5.38 Å². The summed E-state index contributed by atoms with van der Waals surface area (Å²) in [7, 11) is 3.88. The van der Waals surface area contributed by atoms with E-state index in [0.29, 0.717) is 5.82 Å². The van der Waals surface area contributed by atoms with Crippen molar-refractivity contribution in [1.82, 2.24) is 4.98 Å². The van der Waals surface area contributed by atoms with Crippen LogP contribution in [0.25, 0.3) is 5.82 Å². The predicted molar refractivity (Wildman–Crippen MR) is 69.8 cm³/mol. The molecule has 0 radical (unpaired) electrons. The van der Waals surface area contributed by atoms with Crippen LogP contribution >= 0.6 is 11.6 Å². The van der Waals surface area contributed by atoms with E-state index in [1.54, 1.807) is 4.57 Å². The second-order valence-electron chi connectivity index (χ2n) is 4.26. The van der Waals surface area contributed by atoms with Crippen molar-refractivity contribution in [2.24, 2.45) is 0 Å². The quantitative estimate of drug-likeness (QED) is 0.572. The van der Waals surface area contributed by atoms with Crippen LogP contribution in [-0.2, 0) is 5.38 Å².